The largest absolute Gasteiger partial charge is 0.381 e. The first-order valence-electron chi connectivity index (χ1n) is 6.36. The third kappa shape index (κ3) is 3.26. The zero-order valence-electron chi connectivity index (χ0n) is 11.6. The molecule has 6 heteroatoms. The van der Waals surface area contributed by atoms with Gasteiger partial charge >= 0.3 is 0 Å². The van der Waals surface area contributed by atoms with Crippen molar-refractivity contribution >= 4 is 15.7 Å². The summed E-state index contributed by atoms with van der Waals surface area (Å²) in [6.07, 6.45) is 1.06. The van der Waals surface area contributed by atoms with Crippen LogP contribution in [0.5, 0.6) is 0 Å². The number of sulfonamides is 1. The van der Waals surface area contributed by atoms with E-state index in [4.69, 9.17) is 5.14 Å². The van der Waals surface area contributed by atoms with Crippen LogP contribution < -0.4 is 10.5 Å². The number of aryl methyl sites for hydroxylation is 1. The van der Waals surface area contributed by atoms with Gasteiger partial charge in [-0.05, 0) is 57.1 Å². The molecule has 0 radical (unpaired) electrons. The minimum Gasteiger partial charge on any atom is -0.381 e. The van der Waals surface area contributed by atoms with Crippen LogP contribution in [0.1, 0.15) is 17.5 Å². The van der Waals surface area contributed by atoms with Crippen LogP contribution in [-0.2, 0) is 10.0 Å². The first-order valence-corrected chi connectivity index (χ1v) is 7.91. The normalized spacial score (nSPS) is 20.7. The predicted octanol–water partition coefficient (Wildman–Crippen LogP) is 1.07. The van der Waals surface area contributed by atoms with Crippen LogP contribution in [0.3, 0.4) is 0 Å². The summed E-state index contributed by atoms with van der Waals surface area (Å²) in [5.41, 5.74) is 2.87. The molecule has 19 heavy (non-hydrogen) atoms. The Bertz CT molecular complexity index is 584. The second-order valence-corrected chi connectivity index (χ2v) is 6.91. The number of anilines is 1. The second-order valence-electron chi connectivity index (χ2n) is 5.35. The standard InChI is InChI=1S/C13H21N3O2S/c1-9-6-12(19(14,17)18)7-13(10(9)2)15-11-4-5-16(3)8-11/h6-7,11,15H,4-5,8H2,1-3H3,(H2,14,17,18). The monoisotopic (exact) mass is 283 g/mol. The van der Waals surface area contributed by atoms with Crippen LogP contribution >= 0.6 is 0 Å². The Kier molecular flexibility index (Phi) is 3.85. The maximum Gasteiger partial charge on any atom is 0.238 e. The molecule has 1 heterocycles. The van der Waals surface area contributed by atoms with Crippen LogP contribution in [0, 0.1) is 13.8 Å². The van der Waals surface area contributed by atoms with Crippen molar-refractivity contribution < 1.29 is 8.42 Å². The summed E-state index contributed by atoms with van der Waals surface area (Å²) in [6, 6.07) is 3.62. The van der Waals surface area contributed by atoms with Gasteiger partial charge in [0.05, 0.1) is 4.90 Å². The highest BCUT2D eigenvalue weighted by atomic mass is 32.2. The van der Waals surface area contributed by atoms with Gasteiger partial charge in [-0.1, -0.05) is 0 Å². The van der Waals surface area contributed by atoms with E-state index < -0.39 is 10.0 Å². The van der Waals surface area contributed by atoms with Gasteiger partial charge in [0.1, 0.15) is 0 Å². The van der Waals surface area contributed by atoms with Crippen LogP contribution in [0.4, 0.5) is 5.69 Å². The Morgan fingerprint density at radius 1 is 1.37 bits per heavy atom. The molecule has 0 amide bonds. The Morgan fingerprint density at radius 2 is 2.05 bits per heavy atom. The molecule has 5 nitrogen and oxygen atoms in total. The molecular weight excluding hydrogens is 262 g/mol. The van der Waals surface area contributed by atoms with Gasteiger partial charge in [0.2, 0.25) is 10.0 Å². The lowest BCUT2D eigenvalue weighted by Crippen LogP contribution is -2.24. The van der Waals surface area contributed by atoms with E-state index >= 15 is 0 Å². The lowest BCUT2D eigenvalue weighted by Gasteiger charge is -2.18. The van der Waals surface area contributed by atoms with Crippen molar-refractivity contribution in [2.45, 2.75) is 31.2 Å². The number of nitrogens with zero attached hydrogens (tertiary/aromatic N) is 1. The van der Waals surface area contributed by atoms with Crippen molar-refractivity contribution in [3.63, 3.8) is 0 Å². The molecule has 1 fully saturated rings. The highest BCUT2D eigenvalue weighted by molar-refractivity contribution is 7.89. The zero-order chi connectivity index (χ0) is 14.2. The lowest BCUT2D eigenvalue weighted by molar-refractivity contribution is 0.414. The molecule has 1 aliphatic rings. The fourth-order valence-corrected chi connectivity index (χ4v) is 3.04. The fourth-order valence-electron chi connectivity index (χ4n) is 2.41. The molecule has 1 aromatic rings. The van der Waals surface area contributed by atoms with Gasteiger partial charge in [-0.15, -0.1) is 0 Å². The molecule has 0 bridgehead atoms. The summed E-state index contributed by atoms with van der Waals surface area (Å²) in [6.45, 7) is 5.92. The molecule has 106 valence electrons. The fraction of sp³-hybridized carbons (Fsp3) is 0.538. The summed E-state index contributed by atoms with van der Waals surface area (Å²) in [4.78, 5) is 2.42. The molecule has 0 aromatic heterocycles. The molecule has 0 saturated carbocycles. The van der Waals surface area contributed by atoms with Crippen LogP contribution in [0.2, 0.25) is 0 Å². The van der Waals surface area contributed by atoms with Crippen molar-refractivity contribution in [2.24, 2.45) is 5.14 Å². The number of hydrogen-bond acceptors (Lipinski definition) is 4. The van der Waals surface area contributed by atoms with Gasteiger partial charge in [-0.25, -0.2) is 13.6 Å². The third-order valence-electron chi connectivity index (χ3n) is 3.72. The van der Waals surface area contributed by atoms with Gasteiger partial charge in [0.25, 0.3) is 0 Å². The second kappa shape index (κ2) is 5.11. The molecular formula is C13H21N3O2S. The maximum atomic E-state index is 11.5. The number of rotatable bonds is 3. The lowest BCUT2D eigenvalue weighted by atomic mass is 10.1. The number of benzene rings is 1. The first-order chi connectivity index (χ1) is 8.77. The highest BCUT2D eigenvalue weighted by Gasteiger charge is 2.21. The summed E-state index contributed by atoms with van der Waals surface area (Å²) >= 11 is 0. The molecule has 1 saturated heterocycles. The van der Waals surface area contributed by atoms with Crippen LogP contribution in [0.15, 0.2) is 17.0 Å². The van der Waals surface area contributed by atoms with Gasteiger partial charge in [0, 0.05) is 18.3 Å². The Morgan fingerprint density at radius 3 is 2.58 bits per heavy atom. The Hall–Kier alpha value is -1.11. The van der Waals surface area contributed by atoms with Gasteiger partial charge in [-0.2, -0.15) is 0 Å². The number of likely N-dealkylation sites (tertiary alicyclic amines) is 1. The van der Waals surface area contributed by atoms with E-state index in [-0.39, 0.29) is 4.90 Å². The number of likely N-dealkylation sites (N-methyl/N-ethyl adjacent to an activating group) is 1. The molecule has 1 aliphatic heterocycles. The van der Waals surface area contributed by atoms with E-state index in [1.54, 1.807) is 12.1 Å². The maximum absolute atomic E-state index is 11.5. The summed E-state index contributed by atoms with van der Waals surface area (Å²) in [5, 5.41) is 8.64. The number of nitrogens with one attached hydrogen (secondary N) is 1. The van der Waals surface area contributed by atoms with E-state index in [2.05, 4.69) is 17.3 Å². The first kappa shape index (κ1) is 14.3. The minimum atomic E-state index is -3.66. The molecule has 1 unspecified atom stereocenters. The molecule has 3 N–H and O–H groups in total. The molecule has 2 rings (SSSR count). The molecule has 1 aromatic carbocycles. The van der Waals surface area contributed by atoms with E-state index in [1.807, 2.05) is 13.8 Å². The van der Waals surface area contributed by atoms with Crippen LogP contribution in [-0.4, -0.2) is 39.5 Å². The van der Waals surface area contributed by atoms with Crippen molar-refractivity contribution in [1.82, 2.24) is 4.90 Å². The smallest absolute Gasteiger partial charge is 0.238 e. The highest BCUT2D eigenvalue weighted by Crippen LogP contribution is 2.25. The van der Waals surface area contributed by atoms with Crippen molar-refractivity contribution in [3.05, 3.63) is 23.3 Å². The van der Waals surface area contributed by atoms with Gasteiger partial charge in [0.15, 0.2) is 0 Å². The average Bonchev–Trinajstić information content (AvgIpc) is 2.69. The SMILES string of the molecule is Cc1cc(S(N)(=O)=O)cc(NC2CCN(C)C2)c1C. The Labute approximate surface area is 114 Å². The number of hydrogen-bond donors (Lipinski definition) is 2. The Balaban J connectivity index is 2.31. The molecule has 0 spiro atoms. The summed E-state index contributed by atoms with van der Waals surface area (Å²) in [5.74, 6) is 0. The summed E-state index contributed by atoms with van der Waals surface area (Å²) < 4.78 is 23.0. The number of nitrogens with two attached hydrogens (primary N) is 1. The quantitative estimate of drug-likeness (QED) is 0.870. The molecule has 0 aliphatic carbocycles. The van der Waals surface area contributed by atoms with Crippen molar-refractivity contribution in [1.29, 1.82) is 0 Å². The van der Waals surface area contributed by atoms with Crippen LogP contribution in [0.25, 0.3) is 0 Å². The van der Waals surface area contributed by atoms with Gasteiger partial charge in [-0.3, -0.25) is 0 Å². The van der Waals surface area contributed by atoms with E-state index in [0.717, 1.165) is 36.3 Å². The topological polar surface area (TPSA) is 75.4 Å². The third-order valence-corrected chi connectivity index (χ3v) is 4.61. The van der Waals surface area contributed by atoms with E-state index in [9.17, 15) is 8.42 Å². The van der Waals surface area contributed by atoms with E-state index in [1.165, 1.54) is 0 Å². The number of primary sulfonamides is 1. The summed E-state index contributed by atoms with van der Waals surface area (Å²) in [7, 11) is -1.58. The zero-order valence-corrected chi connectivity index (χ0v) is 12.4. The van der Waals surface area contributed by atoms with Crippen molar-refractivity contribution in [2.75, 3.05) is 25.5 Å². The average molecular weight is 283 g/mol. The van der Waals surface area contributed by atoms with E-state index in [0.29, 0.717) is 6.04 Å². The van der Waals surface area contributed by atoms with Gasteiger partial charge < -0.3 is 10.2 Å². The minimum absolute atomic E-state index is 0.171. The predicted molar refractivity (Wildman–Crippen MR) is 76.8 cm³/mol. The molecule has 1 atom stereocenters. The van der Waals surface area contributed by atoms with Crippen molar-refractivity contribution in [3.8, 4) is 0 Å².